The number of aromatic nitrogens is 1. The smallest absolute Gasteiger partial charge is 0.328 e. The second kappa shape index (κ2) is 1.78. The van der Waals surface area contributed by atoms with Gasteiger partial charge in [-0.05, 0) is 6.92 Å². The van der Waals surface area contributed by atoms with E-state index in [0.717, 1.165) is 0 Å². The molecule has 0 amide bonds. The fourth-order valence-electron chi connectivity index (χ4n) is 0.423. The van der Waals surface area contributed by atoms with E-state index < -0.39 is 0 Å². The summed E-state index contributed by atoms with van der Waals surface area (Å²) in [5, 5.41) is 12.0. The van der Waals surface area contributed by atoms with Gasteiger partial charge in [-0.15, -0.1) is 0 Å². The van der Waals surface area contributed by atoms with Crippen LogP contribution in [0.25, 0.3) is 4.85 Å². The van der Waals surface area contributed by atoms with Gasteiger partial charge < -0.3 is 9.95 Å². The van der Waals surface area contributed by atoms with Gasteiger partial charge in [-0.25, -0.2) is 4.52 Å². The van der Waals surface area contributed by atoms with Crippen molar-refractivity contribution in [1.82, 2.24) is 5.16 Å². The molecule has 0 saturated carbocycles. The molecule has 0 saturated heterocycles. The predicted molar refractivity (Wildman–Crippen MR) is 29.2 cm³/mol. The first-order chi connectivity index (χ1) is 4.25. The van der Waals surface area contributed by atoms with Crippen molar-refractivity contribution in [1.29, 1.82) is 0 Å². The van der Waals surface area contributed by atoms with Crippen molar-refractivity contribution in [3.05, 3.63) is 17.0 Å². The minimum atomic E-state index is -0.277. The Morgan fingerprint density at radius 2 is 2.44 bits per heavy atom. The molecular weight excluding hydrogens is 120 g/mol. The van der Waals surface area contributed by atoms with E-state index in [0.29, 0.717) is 5.56 Å². The summed E-state index contributed by atoms with van der Waals surface area (Å²) >= 11 is 0. The van der Waals surface area contributed by atoms with Crippen LogP contribution in [0, 0.1) is 13.5 Å². The monoisotopic (exact) mass is 124 g/mol. The summed E-state index contributed by atoms with van der Waals surface area (Å²) in [5.74, 6) is -0.159. The van der Waals surface area contributed by atoms with Crippen LogP contribution >= 0.6 is 0 Å². The number of rotatable bonds is 0. The van der Waals surface area contributed by atoms with Gasteiger partial charge in [-0.1, -0.05) is 6.57 Å². The van der Waals surface area contributed by atoms with Gasteiger partial charge in [0.05, 0.1) is 10.7 Å². The molecule has 46 valence electrons. The molecule has 0 aliphatic rings. The van der Waals surface area contributed by atoms with E-state index in [1.54, 1.807) is 6.92 Å². The molecule has 1 aromatic rings. The number of hydrogen-bond donors (Lipinski definition) is 1. The molecule has 0 radical (unpaired) electrons. The van der Waals surface area contributed by atoms with Gasteiger partial charge >= 0.3 is 11.8 Å². The van der Waals surface area contributed by atoms with Gasteiger partial charge in [-0.2, -0.15) is 0 Å². The lowest BCUT2D eigenvalue weighted by Gasteiger charge is -1.78. The highest BCUT2D eigenvalue weighted by molar-refractivity contribution is 5.46. The summed E-state index contributed by atoms with van der Waals surface area (Å²) in [7, 11) is 0. The highest BCUT2D eigenvalue weighted by Gasteiger charge is 2.10. The maximum Gasteiger partial charge on any atom is 0.328 e. The van der Waals surface area contributed by atoms with Gasteiger partial charge in [0.1, 0.15) is 0 Å². The molecule has 1 N–H and O–H groups in total. The van der Waals surface area contributed by atoms with Crippen LogP contribution in [0.2, 0.25) is 0 Å². The van der Waals surface area contributed by atoms with Crippen LogP contribution in [0.5, 0.6) is 5.95 Å². The van der Waals surface area contributed by atoms with Gasteiger partial charge in [0.2, 0.25) is 0 Å². The largest absolute Gasteiger partial charge is 0.478 e. The van der Waals surface area contributed by atoms with E-state index in [-0.39, 0.29) is 11.8 Å². The third-order valence-corrected chi connectivity index (χ3v) is 0.981. The zero-order chi connectivity index (χ0) is 6.85. The summed E-state index contributed by atoms with van der Waals surface area (Å²) in [6.07, 6.45) is 0. The lowest BCUT2D eigenvalue weighted by atomic mass is 10.4. The van der Waals surface area contributed by atoms with Crippen LogP contribution in [0.4, 0.5) is 5.82 Å². The molecule has 0 spiro atoms. The topological polar surface area (TPSA) is 50.6 Å². The molecule has 9 heavy (non-hydrogen) atoms. The second-order valence-electron chi connectivity index (χ2n) is 1.55. The number of aromatic hydroxyl groups is 1. The van der Waals surface area contributed by atoms with Crippen molar-refractivity contribution in [3.63, 3.8) is 0 Å². The zero-order valence-electron chi connectivity index (χ0n) is 4.75. The molecule has 1 heterocycles. The van der Waals surface area contributed by atoms with Crippen LogP contribution in [0.3, 0.4) is 0 Å². The SMILES string of the molecule is [C-]#[N+]c1noc(O)c1C. The Balaban J connectivity index is 3.24. The lowest BCUT2D eigenvalue weighted by molar-refractivity contribution is 0.277. The normalized spacial score (nSPS) is 8.89. The van der Waals surface area contributed by atoms with Gasteiger partial charge in [0.15, 0.2) is 0 Å². The summed E-state index contributed by atoms with van der Waals surface area (Å²) in [6, 6.07) is 0. The lowest BCUT2D eigenvalue weighted by Crippen LogP contribution is -1.61. The third-order valence-electron chi connectivity index (χ3n) is 0.981. The molecule has 0 atom stereocenters. The molecule has 0 unspecified atom stereocenters. The standard InChI is InChI=1S/C5H4N2O2/c1-3-4(6-2)7-9-5(3)8/h8H,1H3. The second-order valence-corrected chi connectivity index (χ2v) is 1.55. The molecule has 0 aliphatic heterocycles. The van der Waals surface area contributed by atoms with Crippen molar-refractivity contribution in [3.8, 4) is 5.95 Å². The van der Waals surface area contributed by atoms with Gasteiger partial charge in [0.25, 0.3) is 0 Å². The number of hydrogen-bond acceptors (Lipinski definition) is 3. The maximum atomic E-state index is 8.70. The Kier molecular flexibility index (Phi) is 1.12. The highest BCUT2D eigenvalue weighted by atomic mass is 16.5. The minimum Gasteiger partial charge on any atom is -0.478 e. The molecule has 0 aliphatic carbocycles. The van der Waals surface area contributed by atoms with E-state index in [4.69, 9.17) is 11.7 Å². The van der Waals surface area contributed by atoms with Crippen LogP contribution in [0.15, 0.2) is 4.52 Å². The molecule has 4 heteroatoms. The van der Waals surface area contributed by atoms with E-state index in [1.165, 1.54) is 0 Å². The van der Waals surface area contributed by atoms with Crippen LogP contribution in [-0.4, -0.2) is 10.3 Å². The molecule has 0 fully saturated rings. The summed E-state index contributed by atoms with van der Waals surface area (Å²) in [6.45, 7) is 8.06. The van der Waals surface area contributed by atoms with Crippen molar-refractivity contribution in [2.24, 2.45) is 0 Å². The van der Waals surface area contributed by atoms with Crippen molar-refractivity contribution >= 4 is 5.82 Å². The molecule has 1 aromatic heterocycles. The summed E-state index contributed by atoms with van der Waals surface area (Å²) < 4.78 is 4.28. The average molecular weight is 124 g/mol. The zero-order valence-corrected chi connectivity index (χ0v) is 4.75. The minimum absolute atomic E-state index is 0.118. The fourth-order valence-corrected chi connectivity index (χ4v) is 0.423. The Bertz CT molecular complexity index is 258. The highest BCUT2D eigenvalue weighted by Crippen LogP contribution is 2.24. The van der Waals surface area contributed by atoms with E-state index >= 15 is 0 Å². The maximum absolute atomic E-state index is 8.70. The third kappa shape index (κ3) is 0.722. The van der Waals surface area contributed by atoms with Crippen LogP contribution in [0.1, 0.15) is 5.56 Å². The summed E-state index contributed by atoms with van der Waals surface area (Å²) in [5.41, 5.74) is 0.394. The van der Waals surface area contributed by atoms with Crippen LogP contribution in [-0.2, 0) is 0 Å². The van der Waals surface area contributed by atoms with E-state index in [9.17, 15) is 0 Å². The Labute approximate surface area is 51.5 Å². The average Bonchev–Trinajstić information content (AvgIpc) is 2.15. The van der Waals surface area contributed by atoms with Crippen LogP contribution < -0.4 is 0 Å². The Hall–Kier alpha value is -1.50. The molecule has 0 aromatic carbocycles. The number of nitrogens with zero attached hydrogens (tertiary/aromatic N) is 2. The van der Waals surface area contributed by atoms with E-state index in [2.05, 4.69) is 14.5 Å². The van der Waals surface area contributed by atoms with Gasteiger partial charge in [-0.3, -0.25) is 0 Å². The van der Waals surface area contributed by atoms with Crippen molar-refractivity contribution in [2.75, 3.05) is 0 Å². The quantitative estimate of drug-likeness (QED) is 0.529. The Morgan fingerprint density at radius 3 is 2.67 bits per heavy atom. The van der Waals surface area contributed by atoms with Gasteiger partial charge in [0, 0.05) is 0 Å². The van der Waals surface area contributed by atoms with Crippen molar-refractivity contribution in [2.45, 2.75) is 6.92 Å². The predicted octanol–water partition coefficient (Wildman–Crippen LogP) is 1.24. The first kappa shape index (κ1) is 5.63. The molecular formula is C5H4N2O2. The molecule has 1 rings (SSSR count). The first-order valence-electron chi connectivity index (χ1n) is 2.28. The van der Waals surface area contributed by atoms with E-state index in [1.807, 2.05) is 0 Å². The van der Waals surface area contributed by atoms with Crippen molar-refractivity contribution < 1.29 is 9.63 Å². The Morgan fingerprint density at radius 1 is 1.78 bits per heavy atom. The molecule has 0 bridgehead atoms. The first-order valence-corrected chi connectivity index (χ1v) is 2.28. The molecule has 4 nitrogen and oxygen atoms in total. The summed E-state index contributed by atoms with van der Waals surface area (Å²) in [4.78, 5) is 2.98. The fraction of sp³-hybridized carbons (Fsp3) is 0.200.